The Kier molecular flexibility index (Phi) is 4.47. The van der Waals surface area contributed by atoms with Crippen molar-refractivity contribution in [3.8, 4) is 0 Å². The van der Waals surface area contributed by atoms with E-state index >= 15 is 0 Å². The lowest BCUT2D eigenvalue weighted by molar-refractivity contribution is 0.730. The fraction of sp³-hybridized carbons (Fsp3) is 0.133. The van der Waals surface area contributed by atoms with Gasteiger partial charge in [-0.15, -0.1) is 21.5 Å². The molecule has 106 valence electrons. The van der Waals surface area contributed by atoms with Gasteiger partial charge in [0.05, 0.1) is 6.21 Å². The van der Waals surface area contributed by atoms with Crippen LogP contribution in [0.15, 0.2) is 58.1 Å². The van der Waals surface area contributed by atoms with Crippen LogP contribution in [0.5, 0.6) is 0 Å². The van der Waals surface area contributed by atoms with E-state index in [2.05, 4.69) is 27.4 Å². The van der Waals surface area contributed by atoms with Crippen LogP contribution in [0.3, 0.4) is 0 Å². The lowest BCUT2D eigenvalue weighted by Gasteiger charge is -2.02. The Morgan fingerprint density at radius 2 is 2.05 bits per heavy atom. The second kappa shape index (κ2) is 6.69. The van der Waals surface area contributed by atoms with E-state index in [0.29, 0.717) is 0 Å². The molecule has 0 saturated carbocycles. The molecule has 0 N–H and O–H groups in total. The number of aromatic nitrogens is 3. The van der Waals surface area contributed by atoms with Crippen LogP contribution in [0.2, 0.25) is 0 Å². The minimum atomic E-state index is 0.718. The van der Waals surface area contributed by atoms with Gasteiger partial charge < -0.3 is 0 Å². The molecular formula is C15H14N4S2. The van der Waals surface area contributed by atoms with Crippen LogP contribution < -0.4 is 0 Å². The Balaban J connectivity index is 1.89. The molecule has 2 heterocycles. The first-order valence-electron chi connectivity index (χ1n) is 6.47. The molecule has 0 fully saturated rings. The first-order chi connectivity index (χ1) is 10.4. The van der Waals surface area contributed by atoms with Gasteiger partial charge in [0.15, 0.2) is 5.82 Å². The topological polar surface area (TPSA) is 43.1 Å². The second-order valence-electron chi connectivity index (χ2n) is 4.34. The van der Waals surface area contributed by atoms with Crippen molar-refractivity contribution in [1.29, 1.82) is 0 Å². The van der Waals surface area contributed by atoms with Gasteiger partial charge in [-0.3, -0.25) is 0 Å². The predicted octanol–water partition coefficient (Wildman–Crippen LogP) is 3.53. The molecule has 6 heteroatoms. The highest BCUT2D eigenvalue weighted by molar-refractivity contribution is 7.98. The maximum Gasteiger partial charge on any atom is 0.211 e. The maximum absolute atomic E-state index is 4.53. The first kappa shape index (κ1) is 14.0. The van der Waals surface area contributed by atoms with Crippen molar-refractivity contribution in [2.24, 2.45) is 5.10 Å². The van der Waals surface area contributed by atoms with E-state index in [1.165, 1.54) is 5.56 Å². The van der Waals surface area contributed by atoms with Crippen molar-refractivity contribution in [2.75, 3.05) is 6.26 Å². The Morgan fingerprint density at radius 3 is 2.76 bits per heavy atom. The summed E-state index contributed by atoms with van der Waals surface area (Å²) in [6.07, 6.45) is 4.55. The molecule has 1 aromatic carbocycles. The minimum absolute atomic E-state index is 0.718. The van der Waals surface area contributed by atoms with Crippen LogP contribution in [0.1, 0.15) is 16.3 Å². The van der Waals surface area contributed by atoms with Gasteiger partial charge >= 0.3 is 0 Å². The number of rotatable bonds is 5. The Morgan fingerprint density at radius 1 is 1.19 bits per heavy atom. The summed E-state index contributed by atoms with van der Waals surface area (Å²) >= 11 is 3.20. The molecule has 0 aliphatic heterocycles. The summed E-state index contributed by atoms with van der Waals surface area (Å²) in [5.41, 5.74) is 1.20. The molecule has 3 aromatic rings. The van der Waals surface area contributed by atoms with Crippen LogP contribution >= 0.6 is 23.1 Å². The number of nitrogens with zero attached hydrogens (tertiary/aromatic N) is 4. The third-order valence-electron chi connectivity index (χ3n) is 2.91. The van der Waals surface area contributed by atoms with Gasteiger partial charge in [-0.05, 0) is 23.3 Å². The molecule has 0 unspecified atom stereocenters. The summed E-state index contributed by atoms with van der Waals surface area (Å²) in [5, 5.41) is 15.8. The first-order valence-corrected chi connectivity index (χ1v) is 8.57. The molecule has 4 nitrogen and oxygen atoms in total. The van der Waals surface area contributed by atoms with Crippen molar-refractivity contribution < 1.29 is 0 Å². The van der Waals surface area contributed by atoms with E-state index in [1.807, 2.05) is 52.9 Å². The number of hydrogen-bond donors (Lipinski definition) is 0. The smallest absolute Gasteiger partial charge is 0.191 e. The zero-order valence-corrected chi connectivity index (χ0v) is 13.1. The molecule has 0 aliphatic carbocycles. The molecule has 0 saturated heterocycles. The number of thiophene rings is 1. The summed E-state index contributed by atoms with van der Waals surface area (Å²) < 4.78 is 1.82. The molecule has 21 heavy (non-hydrogen) atoms. The van der Waals surface area contributed by atoms with Crippen LogP contribution in [0, 0.1) is 0 Å². The van der Waals surface area contributed by atoms with Gasteiger partial charge in [0.25, 0.3) is 0 Å². The highest BCUT2D eigenvalue weighted by Crippen LogP contribution is 2.16. The Bertz CT molecular complexity index is 717. The standard InChI is InChI=1S/C15H14N4S2/c1-20-15-18-17-14(10-12-6-3-2-4-7-12)19(15)16-11-13-8-5-9-21-13/h2-9,11H,10H2,1H3/b16-11-. The van der Waals surface area contributed by atoms with Crippen molar-refractivity contribution >= 4 is 29.3 Å². The fourth-order valence-corrected chi connectivity index (χ4v) is 2.93. The third kappa shape index (κ3) is 3.40. The highest BCUT2D eigenvalue weighted by atomic mass is 32.2. The van der Waals surface area contributed by atoms with E-state index in [4.69, 9.17) is 0 Å². The molecule has 0 atom stereocenters. The molecule has 0 amide bonds. The predicted molar refractivity (Wildman–Crippen MR) is 88.4 cm³/mol. The largest absolute Gasteiger partial charge is 0.211 e. The van der Waals surface area contributed by atoms with Gasteiger partial charge in [0.2, 0.25) is 5.16 Å². The molecule has 0 radical (unpaired) electrons. The van der Waals surface area contributed by atoms with Gasteiger partial charge in [0, 0.05) is 11.3 Å². The maximum atomic E-state index is 4.53. The number of hydrogen-bond acceptors (Lipinski definition) is 5. The molecule has 2 aromatic heterocycles. The molecule has 3 rings (SSSR count). The highest BCUT2D eigenvalue weighted by Gasteiger charge is 2.11. The SMILES string of the molecule is CSc1nnc(Cc2ccccc2)n1/N=C\c1cccs1. The van der Waals surface area contributed by atoms with Gasteiger partial charge in [-0.1, -0.05) is 48.2 Å². The van der Waals surface area contributed by atoms with Crippen molar-refractivity contribution in [2.45, 2.75) is 11.6 Å². The summed E-state index contributed by atoms with van der Waals surface area (Å²) in [5.74, 6) is 0.846. The third-order valence-corrected chi connectivity index (χ3v) is 4.33. The Hall–Kier alpha value is -1.92. The van der Waals surface area contributed by atoms with Gasteiger partial charge in [0.1, 0.15) is 0 Å². The van der Waals surface area contributed by atoms with E-state index in [0.717, 1.165) is 22.3 Å². The normalized spacial score (nSPS) is 11.3. The van der Waals surface area contributed by atoms with Crippen LogP contribution in [-0.4, -0.2) is 27.3 Å². The summed E-state index contributed by atoms with van der Waals surface area (Å²) in [7, 11) is 0. The molecule has 0 spiro atoms. The second-order valence-corrected chi connectivity index (χ2v) is 6.09. The summed E-state index contributed by atoms with van der Waals surface area (Å²) in [4.78, 5) is 1.11. The molecule has 0 bridgehead atoms. The van der Waals surface area contributed by atoms with Crippen molar-refractivity contribution in [3.63, 3.8) is 0 Å². The van der Waals surface area contributed by atoms with Gasteiger partial charge in [-0.2, -0.15) is 9.78 Å². The zero-order valence-electron chi connectivity index (χ0n) is 11.5. The molecular weight excluding hydrogens is 300 g/mol. The van der Waals surface area contributed by atoms with Crippen molar-refractivity contribution in [3.05, 3.63) is 64.1 Å². The zero-order chi connectivity index (χ0) is 14.5. The summed E-state index contributed by atoms with van der Waals surface area (Å²) in [6, 6.07) is 14.3. The van der Waals surface area contributed by atoms with Crippen LogP contribution in [0.4, 0.5) is 0 Å². The van der Waals surface area contributed by atoms with E-state index < -0.39 is 0 Å². The Labute approximate surface area is 131 Å². The quantitative estimate of drug-likeness (QED) is 0.534. The summed E-state index contributed by atoms with van der Waals surface area (Å²) in [6.45, 7) is 0. The lowest BCUT2D eigenvalue weighted by atomic mass is 10.1. The number of benzene rings is 1. The fourth-order valence-electron chi connectivity index (χ4n) is 1.91. The van der Waals surface area contributed by atoms with Gasteiger partial charge in [-0.25, -0.2) is 0 Å². The van der Waals surface area contributed by atoms with E-state index in [-0.39, 0.29) is 0 Å². The van der Waals surface area contributed by atoms with E-state index in [9.17, 15) is 0 Å². The average molecular weight is 314 g/mol. The minimum Gasteiger partial charge on any atom is -0.191 e. The number of thioether (sulfide) groups is 1. The van der Waals surface area contributed by atoms with Crippen LogP contribution in [0.25, 0.3) is 0 Å². The van der Waals surface area contributed by atoms with E-state index in [1.54, 1.807) is 23.1 Å². The van der Waals surface area contributed by atoms with Crippen molar-refractivity contribution in [1.82, 2.24) is 14.9 Å². The monoisotopic (exact) mass is 314 g/mol. The molecule has 0 aliphatic rings. The lowest BCUT2D eigenvalue weighted by Crippen LogP contribution is -2.01. The average Bonchev–Trinajstić information content (AvgIpc) is 3.16. The van der Waals surface area contributed by atoms with Crippen LogP contribution in [-0.2, 0) is 6.42 Å².